The highest BCUT2D eigenvalue weighted by molar-refractivity contribution is 5.72. The Morgan fingerprint density at radius 3 is 2.38 bits per heavy atom. The fraction of sp³-hybridized carbons (Fsp3) is 0.727. The van der Waals surface area contributed by atoms with Crippen LogP contribution in [-0.4, -0.2) is 65.0 Å². The molecule has 2 N–H and O–H groups in total. The van der Waals surface area contributed by atoms with Crippen molar-refractivity contribution in [3.05, 3.63) is 22.7 Å². The van der Waals surface area contributed by atoms with E-state index in [0.717, 1.165) is 4.57 Å². The lowest BCUT2D eigenvalue weighted by Crippen LogP contribution is -2.42. The number of esters is 2. The molecule has 2 rings (SSSR count). The molecule has 0 unspecified atom stereocenters. The maximum atomic E-state index is 12.6. The van der Waals surface area contributed by atoms with Crippen LogP contribution in [0.25, 0.3) is 0 Å². The van der Waals surface area contributed by atoms with Gasteiger partial charge < -0.3 is 23.7 Å². The third-order valence-electron chi connectivity index (χ3n) is 4.88. The SMILES string of the molecule is CC(C)COCO[C@H]1[C@@H](OC(=O)C(C)C)[C@H](n2ccc(NO)nc2=O)O[C@@H]1COC(=O)C(C)C. The fourth-order valence-electron chi connectivity index (χ4n) is 3.07. The minimum atomic E-state index is -1.12. The molecular weight excluding hydrogens is 450 g/mol. The molecule has 1 aromatic heterocycles. The van der Waals surface area contributed by atoms with Crippen LogP contribution >= 0.6 is 0 Å². The van der Waals surface area contributed by atoms with E-state index in [2.05, 4.69) is 4.98 Å². The minimum absolute atomic E-state index is 0.0627. The molecule has 0 aromatic carbocycles. The van der Waals surface area contributed by atoms with Crippen LogP contribution in [-0.2, 0) is 33.3 Å². The van der Waals surface area contributed by atoms with Gasteiger partial charge in [-0.2, -0.15) is 4.98 Å². The molecule has 0 amide bonds. The van der Waals surface area contributed by atoms with E-state index < -0.39 is 48.1 Å². The molecule has 192 valence electrons. The van der Waals surface area contributed by atoms with Gasteiger partial charge in [-0.1, -0.05) is 41.5 Å². The normalized spacial score (nSPS) is 22.4. The second-order valence-electron chi connectivity index (χ2n) is 9.03. The van der Waals surface area contributed by atoms with Crippen LogP contribution in [0.5, 0.6) is 0 Å². The van der Waals surface area contributed by atoms with Gasteiger partial charge in [0.1, 0.15) is 25.6 Å². The molecule has 0 radical (unpaired) electrons. The monoisotopic (exact) mass is 485 g/mol. The van der Waals surface area contributed by atoms with Crippen molar-refractivity contribution in [1.29, 1.82) is 0 Å². The Bertz CT molecular complexity index is 871. The van der Waals surface area contributed by atoms with E-state index in [1.807, 2.05) is 13.8 Å². The maximum Gasteiger partial charge on any atom is 0.351 e. The summed E-state index contributed by atoms with van der Waals surface area (Å²) in [5.41, 5.74) is 1.04. The molecule has 12 heteroatoms. The number of carbonyl (C=O) groups excluding carboxylic acids is 2. The second kappa shape index (κ2) is 12.8. The van der Waals surface area contributed by atoms with Gasteiger partial charge in [0.15, 0.2) is 18.1 Å². The standard InChI is InChI=1S/C22H35N3O9/c1-12(2)9-30-11-32-17-15(10-31-20(26)13(3)4)33-19(18(17)34-21(27)14(5)6)25-8-7-16(24-29)23-22(25)28/h7-8,12-15,17-19,29H,9-11H2,1-6H3,(H,23,24,28)/t15-,17-,18-,19-/m1/s1. The van der Waals surface area contributed by atoms with E-state index in [9.17, 15) is 14.4 Å². The first-order chi connectivity index (χ1) is 16.0. The largest absolute Gasteiger partial charge is 0.463 e. The number of hydrogen-bond acceptors (Lipinski definition) is 11. The van der Waals surface area contributed by atoms with E-state index in [0.29, 0.717) is 6.61 Å². The van der Waals surface area contributed by atoms with E-state index >= 15 is 0 Å². The van der Waals surface area contributed by atoms with Gasteiger partial charge in [0.25, 0.3) is 0 Å². The summed E-state index contributed by atoms with van der Waals surface area (Å²) in [4.78, 5) is 40.8. The van der Waals surface area contributed by atoms with E-state index in [1.165, 1.54) is 12.3 Å². The van der Waals surface area contributed by atoms with Crippen LogP contribution in [0.15, 0.2) is 17.1 Å². The number of nitrogens with one attached hydrogen (secondary N) is 1. The second-order valence-corrected chi connectivity index (χ2v) is 9.03. The summed E-state index contributed by atoms with van der Waals surface area (Å²) in [6.45, 7) is 10.9. The van der Waals surface area contributed by atoms with Gasteiger partial charge in [-0.3, -0.25) is 24.8 Å². The van der Waals surface area contributed by atoms with Crippen molar-refractivity contribution in [2.45, 2.75) is 66.1 Å². The molecule has 4 atom stereocenters. The summed E-state index contributed by atoms with van der Waals surface area (Å²) in [7, 11) is 0. The Morgan fingerprint density at radius 1 is 1.15 bits per heavy atom. The average molecular weight is 486 g/mol. The van der Waals surface area contributed by atoms with Gasteiger partial charge in [0, 0.05) is 6.20 Å². The van der Waals surface area contributed by atoms with Crippen molar-refractivity contribution in [3.63, 3.8) is 0 Å². The first-order valence-electron chi connectivity index (χ1n) is 11.3. The van der Waals surface area contributed by atoms with Crippen LogP contribution in [0, 0.1) is 17.8 Å². The van der Waals surface area contributed by atoms with E-state index in [4.69, 9.17) is 28.9 Å². The zero-order valence-corrected chi connectivity index (χ0v) is 20.4. The van der Waals surface area contributed by atoms with E-state index in [1.54, 1.807) is 33.2 Å². The molecule has 2 heterocycles. The Kier molecular flexibility index (Phi) is 10.4. The summed E-state index contributed by atoms with van der Waals surface area (Å²) in [5, 5.41) is 9.02. The van der Waals surface area contributed by atoms with Crippen LogP contribution in [0.1, 0.15) is 47.8 Å². The molecule has 1 saturated heterocycles. The number of anilines is 1. The number of aromatic nitrogens is 2. The first-order valence-corrected chi connectivity index (χ1v) is 11.3. The Morgan fingerprint density at radius 2 is 1.82 bits per heavy atom. The maximum absolute atomic E-state index is 12.6. The molecule has 0 spiro atoms. The van der Waals surface area contributed by atoms with Gasteiger partial charge in [-0.15, -0.1) is 0 Å². The van der Waals surface area contributed by atoms with Crippen molar-refractivity contribution < 1.29 is 38.5 Å². The smallest absolute Gasteiger partial charge is 0.351 e. The highest BCUT2D eigenvalue weighted by Gasteiger charge is 2.50. The summed E-state index contributed by atoms with van der Waals surface area (Å²) in [6, 6.07) is 1.35. The van der Waals surface area contributed by atoms with Crippen LogP contribution in [0.3, 0.4) is 0 Å². The van der Waals surface area contributed by atoms with Crippen molar-refractivity contribution in [2.75, 3.05) is 25.5 Å². The summed E-state index contributed by atoms with van der Waals surface area (Å²) < 4.78 is 29.6. The summed E-state index contributed by atoms with van der Waals surface area (Å²) in [6.07, 6.45) is -2.60. The van der Waals surface area contributed by atoms with Gasteiger partial charge in [-0.05, 0) is 12.0 Å². The third kappa shape index (κ3) is 7.49. The number of hydrogen-bond donors (Lipinski definition) is 2. The number of ether oxygens (including phenoxy) is 5. The fourth-order valence-corrected chi connectivity index (χ4v) is 3.07. The van der Waals surface area contributed by atoms with Crippen LogP contribution in [0.2, 0.25) is 0 Å². The number of nitrogens with zero attached hydrogens (tertiary/aromatic N) is 2. The predicted molar refractivity (Wildman–Crippen MR) is 119 cm³/mol. The van der Waals surface area contributed by atoms with Crippen LogP contribution in [0.4, 0.5) is 5.82 Å². The van der Waals surface area contributed by atoms with E-state index in [-0.39, 0.29) is 31.1 Å². The highest BCUT2D eigenvalue weighted by atomic mass is 16.7. The van der Waals surface area contributed by atoms with Gasteiger partial charge >= 0.3 is 17.6 Å². The average Bonchev–Trinajstić information content (AvgIpc) is 3.11. The molecule has 0 saturated carbocycles. The molecule has 1 aliphatic rings. The lowest BCUT2D eigenvalue weighted by Gasteiger charge is -2.26. The molecule has 34 heavy (non-hydrogen) atoms. The Labute approximate surface area is 198 Å². The Hall–Kier alpha value is -2.54. The predicted octanol–water partition coefficient (Wildman–Crippen LogP) is 1.72. The molecule has 1 aromatic rings. The molecule has 1 aliphatic heterocycles. The molecule has 0 bridgehead atoms. The number of rotatable bonds is 12. The zero-order valence-electron chi connectivity index (χ0n) is 20.4. The van der Waals surface area contributed by atoms with Crippen molar-refractivity contribution in [2.24, 2.45) is 17.8 Å². The molecule has 0 aliphatic carbocycles. The lowest BCUT2D eigenvalue weighted by molar-refractivity contribution is -0.173. The van der Waals surface area contributed by atoms with Crippen molar-refractivity contribution in [3.8, 4) is 0 Å². The summed E-state index contributed by atoms with van der Waals surface area (Å²) >= 11 is 0. The zero-order chi connectivity index (χ0) is 25.4. The molecule has 1 fully saturated rings. The Balaban J connectivity index is 2.36. The van der Waals surface area contributed by atoms with Gasteiger partial charge in [0.05, 0.1) is 18.4 Å². The number of carbonyl (C=O) groups is 2. The van der Waals surface area contributed by atoms with Crippen molar-refractivity contribution in [1.82, 2.24) is 9.55 Å². The van der Waals surface area contributed by atoms with Crippen LogP contribution < -0.4 is 11.2 Å². The summed E-state index contributed by atoms with van der Waals surface area (Å²) in [5.74, 6) is -1.55. The van der Waals surface area contributed by atoms with Gasteiger partial charge in [-0.25, -0.2) is 4.79 Å². The highest BCUT2D eigenvalue weighted by Crippen LogP contribution is 2.34. The molecular formula is C22H35N3O9. The minimum Gasteiger partial charge on any atom is -0.463 e. The quantitative estimate of drug-likeness (QED) is 0.193. The lowest BCUT2D eigenvalue weighted by atomic mass is 10.1. The molecule has 12 nitrogen and oxygen atoms in total. The third-order valence-corrected chi connectivity index (χ3v) is 4.88. The van der Waals surface area contributed by atoms with Gasteiger partial charge in [0.2, 0.25) is 0 Å². The van der Waals surface area contributed by atoms with Crippen molar-refractivity contribution >= 4 is 17.8 Å². The first kappa shape index (κ1) is 27.7. The topological polar surface area (TPSA) is 147 Å².